The summed E-state index contributed by atoms with van der Waals surface area (Å²) in [6.45, 7) is -0.221. The van der Waals surface area contributed by atoms with E-state index in [2.05, 4.69) is 0 Å². The third kappa shape index (κ3) is 0.522. The SMILES string of the molecule is N[C@H]1C[C@H]1CF. The van der Waals surface area contributed by atoms with Crippen molar-refractivity contribution in [3.63, 3.8) is 0 Å². The third-order valence-electron chi connectivity index (χ3n) is 1.18. The van der Waals surface area contributed by atoms with Gasteiger partial charge in [0.25, 0.3) is 0 Å². The molecule has 6 heavy (non-hydrogen) atoms. The molecule has 0 saturated heterocycles. The first-order chi connectivity index (χ1) is 2.84. The molecule has 0 unspecified atom stereocenters. The second-order valence-corrected chi connectivity index (χ2v) is 1.81. The van der Waals surface area contributed by atoms with E-state index < -0.39 is 0 Å². The van der Waals surface area contributed by atoms with Gasteiger partial charge in [0.1, 0.15) is 0 Å². The Morgan fingerprint density at radius 1 is 1.83 bits per heavy atom. The largest absolute Gasteiger partial charge is 0.327 e. The van der Waals surface area contributed by atoms with Crippen LogP contribution in [0.2, 0.25) is 0 Å². The lowest BCUT2D eigenvalue weighted by Gasteiger charge is -1.76. The molecule has 1 aliphatic rings. The Labute approximate surface area is 36.3 Å². The number of hydrogen-bond donors (Lipinski definition) is 1. The Morgan fingerprint density at radius 2 is 2.33 bits per heavy atom. The standard InChI is InChI=1S/C4H8FN/c5-2-3-1-4(3)6/h3-4H,1-2,6H2/t3-,4-/m0/s1. The Morgan fingerprint density at radius 3 is 2.33 bits per heavy atom. The molecule has 0 amide bonds. The predicted molar refractivity (Wildman–Crippen MR) is 22.1 cm³/mol. The van der Waals surface area contributed by atoms with Crippen molar-refractivity contribution in [3.05, 3.63) is 0 Å². The van der Waals surface area contributed by atoms with Gasteiger partial charge in [-0.2, -0.15) is 0 Å². The maximum atomic E-state index is 11.3. The summed E-state index contributed by atoms with van der Waals surface area (Å²) in [5, 5.41) is 0. The van der Waals surface area contributed by atoms with Gasteiger partial charge in [-0.25, -0.2) is 0 Å². The fourth-order valence-electron chi connectivity index (χ4n) is 0.448. The number of rotatable bonds is 1. The summed E-state index contributed by atoms with van der Waals surface area (Å²) in [6.07, 6.45) is 0.899. The summed E-state index contributed by atoms with van der Waals surface area (Å²) >= 11 is 0. The lowest BCUT2D eigenvalue weighted by molar-refractivity contribution is 0.452. The zero-order valence-electron chi connectivity index (χ0n) is 3.52. The average molecular weight is 89.1 g/mol. The van der Waals surface area contributed by atoms with Crippen LogP contribution in [0.4, 0.5) is 4.39 Å². The molecule has 0 radical (unpaired) electrons. The molecular weight excluding hydrogens is 81.0 g/mol. The molecule has 2 heteroatoms. The molecule has 1 aliphatic carbocycles. The van der Waals surface area contributed by atoms with E-state index in [0.29, 0.717) is 0 Å². The fourth-order valence-corrected chi connectivity index (χ4v) is 0.448. The van der Waals surface area contributed by atoms with Gasteiger partial charge in [0, 0.05) is 12.0 Å². The summed E-state index contributed by atoms with van der Waals surface area (Å²) < 4.78 is 11.3. The Kier molecular flexibility index (Phi) is 0.804. The van der Waals surface area contributed by atoms with Gasteiger partial charge in [-0.1, -0.05) is 0 Å². The van der Waals surface area contributed by atoms with Crippen molar-refractivity contribution in [1.82, 2.24) is 0 Å². The van der Waals surface area contributed by atoms with E-state index in [1.165, 1.54) is 0 Å². The molecular formula is C4H8FN. The van der Waals surface area contributed by atoms with Crippen molar-refractivity contribution in [2.75, 3.05) is 6.67 Å². The van der Waals surface area contributed by atoms with Crippen LogP contribution >= 0.6 is 0 Å². The minimum absolute atomic E-state index is 0.190. The van der Waals surface area contributed by atoms with E-state index in [1.807, 2.05) is 0 Å². The molecule has 0 aromatic rings. The minimum atomic E-state index is -0.221. The van der Waals surface area contributed by atoms with Crippen molar-refractivity contribution in [3.8, 4) is 0 Å². The first-order valence-electron chi connectivity index (χ1n) is 2.16. The van der Waals surface area contributed by atoms with Gasteiger partial charge < -0.3 is 5.73 Å². The maximum absolute atomic E-state index is 11.3. The molecule has 1 rings (SSSR count). The third-order valence-corrected chi connectivity index (χ3v) is 1.18. The van der Waals surface area contributed by atoms with Crippen LogP contribution in [0.1, 0.15) is 6.42 Å². The van der Waals surface area contributed by atoms with Crippen LogP contribution in [0, 0.1) is 5.92 Å². The van der Waals surface area contributed by atoms with Gasteiger partial charge in [0.15, 0.2) is 0 Å². The molecule has 0 spiro atoms. The topological polar surface area (TPSA) is 26.0 Å². The molecule has 36 valence electrons. The van der Waals surface area contributed by atoms with Crippen LogP contribution in [-0.2, 0) is 0 Å². The number of alkyl halides is 1. The van der Waals surface area contributed by atoms with Crippen LogP contribution in [0.15, 0.2) is 0 Å². The minimum Gasteiger partial charge on any atom is -0.327 e. The molecule has 0 aromatic carbocycles. The van der Waals surface area contributed by atoms with Gasteiger partial charge in [-0.05, 0) is 6.42 Å². The van der Waals surface area contributed by atoms with Crippen LogP contribution in [-0.4, -0.2) is 12.7 Å². The Balaban J connectivity index is 2.09. The predicted octanol–water partition coefficient (Wildman–Crippen LogP) is 0.303. The highest BCUT2D eigenvalue weighted by molar-refractivity contribution is 4.88. The number of hydrogen-bond acceptors (Lipinski definition) is 1. The summed E-state index contributed by atoms with van der Waals surface area (Å²) in [5.41, 5.74) is 5.24. The molecule has 1 fully saturated rings. The van der Waals surface area contributed by atoms with Crippen molar-refractivity contribution in [1.29, 1.82) is 0 Å². The highest BCUT2D eigenvalue weighted by Crippen LogP contribution is 2.27. The quantitative estimate of drug-likeness (QED) is 0.491. The highest BCUT2D eigenvalue weighted by Gasteiger charge is 2.32. The molecule has 0 aliphatic heterocycles. The van der Waals surface area contributed by atoms with Crippen molar-refractivity contribution in [2.24, 2.45) is 11.7 Å². The van der Waals surface area contributed by atoms with E-state index in [9.17, 15) is 4.39 Å². The lowest BCUT2D eigenvalue weighted by Crippen LogP contribution is -2.01. The van der Waals surface area contributed by atoms with E-state index in [0.717, 1.165) is 6.42 Å². The Hall–Kier alpha value is -0.110. The molecule has 2 N–H and O–H groups in total. The van der Waals surface area contributed by atoms with Gasteiger partial charge >= 0.3 is 0 Å². The van der Waals surface area contributed by atoms with Gasteiger partial charge in [-0.3, -0.25) is 4.39 Å². The molecule has 0 heterocycles. The maximum Gasteiger partial charge on any atom is 0.0937 e. The summed E-state index contributed by atoms with van der Waals surface area (Å²) in [7, 11) is 0. The first kappa shape index (κ1) is 4.06. The number of halogens is 1. The first-order valence-corrected chi connectivity index (χ1v) is 2.16. The van der Waals surface area contributed by atoms with Crippen molar-refractivity contribution >= 4 is 0 Å². The van der Waals surface area contributed by atoms with E-state index in [4.69, 9.17) is 5.73 Å². The van der Waals surface area contributed by atoms with Crippen LogP contribution in [0.3, 0.4) is 0 Å². The van der Waals surface area contributed by atoms with Crippen LogP contribution < -0.4 is 5.73 Å². The normalized spacial score (nSPS) is 43.0. The van der Waals surface area contributed by atoms with Crippen LogP contribution in [0.25, 0.3) is 0 Å². The summed E-state index contributed by atoms with van der Waals surface area (Å²) in [4.78, 5) is 0. The zero-order chi connectivity index (χ0) is 4.57. The van der Waals surface area contributed by atoms with Crippen molar-refractivity contribution in [2.45, 2.75) is 12.5 Å². The highest BCUT2D eigenvalue weighted by atomic mass is 19.1. The Bertz CT molecular complexity index is 53.5. The van der Waals surface area contributed by atoms with E-state index in [-0.39, 0.29) is 18.6 Å². The van der Waals surface area contributed by atoms with Crippen molar-refractivity contribution < 1.29 is 4.39 Å². The number of nitrogens with two attached hydrogens (primary N) is 1. The molecule has 0 bridgehead atoms. The summed E-state index contributed by atoms with van der Waals surface area (Å²) in [6, 6.07) is 0.190. The van der Waals surface area contributed by atoms with Crippen LogP contribution in [0.5, 0.6) is 0 Å². The second kappa shape index (κ2) is 1.19. The molecule has 1 saturated carbocycles. The summed E-state index contributed by atoms with van der Waals surface area (Å²) in [5.74, 6) is 0.213. The fraction of sp³-hybridized carbons (Fsp3) is 1.00. The van der Waals surface area contributed by atoms with E-state index >= 15 is 0 Å². The molecule has 1 nitrogen and oxygen atoms in total. The van der Waals surface area contributed by atoms with E-state index in [1.54, 1.807) is 0 Å². The van der Waals surface area contributed by atoms with Gasteiger partial charge in [0.05, 0.1) is 6.67 Å². The molecule has 0 aromatic heterocycles. The smallest absolute Gasteiger partial charge is 0.0937 e. The monoisotopic (exact) mass is 89.1 g/mol. The van der Waals surface area contributed by atoms with Gasteiger partial charge in [0.2, 0.25) is 0 Å². The zero-order valence-corrected chi connectivity index (χ0v) is 3.52. The molecule has 2 atom stereocenters. The second-order valence-electron chi connectivity index (χ2n) is 1.81. The van der Waals surface area contributed by atoms with Gasteiger partial charge in [-0.15, -0.1) is 0 Å². The lowest BCUT2D eigenvalue weighted by atomic mass is 10.5. The average Bonchev–Trinajstić information content (AvgIpc) is 2.19.